The van der Waals surface area contributed by atoms with Crippen LogP contribution in [-0.4, -0.2) is 28.0 Å². The zero-order chi connectivity index (χ0) is 20.2. The van der Waals surface area contributed by atoms with Gasteiger partial charge in [-0.1, -0.05) is 41.1 Å². The highest BCUT2D eigenvalue weighted by atomic mass is 16.5. The topological polar surface area (TPSA) is 69.0 Å². The van der Waals surface area contributed by atoms with Crippen LogP contribution in [0, 0.1) is 6.92 Å². The predicted molar refractivity (Wildman–Crippen MR) is 112 cm³/mol. The molecule has 0 radical (unpaired) electrons. The highest BCUT2D eigenvalue weighted by molar-refractivity contribution is 6.04. The van der Waals surface area contributed by atoms with E-state index in [4.69, 9.17) is 4.74 Å². The van der Waals surface area contributed by atoms with Crippen LogP contribution in [-0.2, 0) is 0 Å². The molecular weight excluding hydrogens is 364 g/mol. The molecule has 0 fully saturated rings. The Kier molecular flexibility index (Phi) is 5.07. The van der Waals surface area contributed by atoms with Crippen molar-refractivity contribution in [3.05, 3.63) is 90.1 Å². The maximum Gasteiger partial charge on any atom is 0.255 e. The minimum atomic E-state index is -0.192. The van der Waals surface area contributed by atoms with Gasteiger partial charge in [0.1, 0.15) is 5.75 Å². The van der Waals surface area contributed by atoms with Crippen LogP contribution in [0.1, 0.15) is 15.9 Å². The normalized spacial score (nSPS) is 10.6. The molecule has 0 aliphatic carbocycles. The number of aryl methyl sites for hydroxylation is 1. The van der Waals surface area contributed by atoms with Gasteiger partial charge in [-0.25, -0.2) is 4.68 Å². The molecule has 3 aromatic carbocycles. The van der Waals surface area contributed by atoms with Gasteiger partial charge in [0.05, 0.1) is 24.7 Å². The fourth-order valence-electron chi connectivity index (χ4n) is 3.00. The smallest absolute Gasteiger partial charge is 0.255 e. The quantitative estimate of drug-likeness (QED) is 0.550. The molecule has 6 nitrogen and oxygen atoms in total. The fraction of sp³-hybridized carbons (Fsp3) is 0.0870. The molecule has 4 rings (SSSR count). The second kappa shape index (κ2) is 7.98. The van der Waals surface area contributed by atoms with E-state index in [0.29, 0.717) is 17.0 Å². The molecule has 6 heteroatoms. The van der Waals surface area contributed by atoms with E-state index < -0.39 is 0 Å². The predicted octanol–water partition coefficient (Wildman–Crippen LogP) is 4.50. The number of anilines is 1. The molecule has 4 aromatic rings. The van der Waals surface area contributed by atoms with Crippen molar-refractivity contribution in [2.45, 2.75) is 6.92 Å². The molecule has 0 aliphatic heterocycles. The third kappa shape index (κ3) is 4.01. The van der Waals surface area contributed by atoms with Crippen LogP contribution >= 0.6 is 0 Å². The lowest BCUT2D eigenvalue weighted by Gasteiger charge is -2.09. The SMILES string of the molecule is COc1cccc(NC(=O)c2ccc(-n3nncc3-c3ccc(C)cc3)cc2)c1. The number of carbonyl (C=O) groups is 1. The van der Waals surface area contributed by atoms with Crippen LogP contribution in [0.15, 0.2) is 79.0 Å². The minimum absolute atomic E-state index is 0.192. The summed E-state index contributed by atoms with van der Waals surface area (Å²) in [6.07, 6.45) is 1.73. The van der Waals surface area contributed by atoms with Gasteiger partial charge in [0.15, 0.2) is 0 Å². The van der Waals surface area contributed by atoms with E-state index in [0.717, 1.165) is 16.9 Å². The van der Waals surface area contributed by atoms with Gasteiger partial charge in [-0.2, -0.15) is 0 Å². The van der Waals surface area contributed by atoms with Crippen LogP contribution < -0.4 is 10.1 Å². The van der Waals surface area contributed by atoms with Crippen LogP contribution in [0.2, 0.25) is 0 Å². The largest absolute Gasteiger partial charge is 0.497 e. The minimum Gasteiger partial charge on any atom is -0.497 e. The Hall–Kier alpha value is -3.93. The summed E-state index contributed by atoms with van der Waals surface area (Å²) < 4.78 is 6.94. The van der Waals surface area contributed by atoms with E-state index >= 15 is 0 Å². The van der Waals surface area contributed by atoms with Crippen LogP contribution in [0.25, 0.3) is 16.9 Å². The van der Waals surface area contributed by atoms with E-state index in [9.17, 15) is 4.79 Å². The molecule has 29 heavy (non-hydrogen) atoms. The zero-order valence-corrected chi connectivity index (χ0v) is 16.2. The Morgan fingerprint density at radius 2 is 1.76 bits per heavy atom. The first-order valence-corrected chi connectivity index (χ1v) is 9.17. The van der Waals surface area contributed by atoms with Gasteiger partial charge in [0, 0.05) is 22.9 Å². The van der Waals surface area contributed by atoms with Crippen molar-refractivity contribution < 1.29 is 9.53 Å². The molecule has 0 unspecified atom stereocenters. The number of carbonyl (C=O) groups excluding carboxylic acids is 1. The Balaban J connectivity index is 1.55. The van der Waals surface area contributed by atoms with Crippen LogP contribution in [0.3, 0.4) is 0 Å². The van der Waals surface area contributed by atoms with Crippen molar-refractivity contribution >= 4 is 11.6 Å². The summed E-state index contributed by atoms with van der Waals surface area (Å²) in [6.45, 7) is 2.05. The molecule has 0 saturated heterocycles. The lowest BCUT2D eigenvalue weighted by atomic mass is 10.1. The van der Waals surface area contributed by atoms with E-state index in [-0.39, 0.29) is 5.91 Å². The molecule has 0 bridgehead atoms. The van der Waals surface area contributed by atoms with Crippen molar-refractivity contribution in [1.29, 1.82) is 0 Å². The lowest BCUT2D eigenvalue weighted by Crippen LogP contribution is -2.12. The molecule has 1 heterocycles. The third-order valence-electron chi connectivity index (χ3n) is 4.60. The molecule has 1 N–H and O–H groups in total. The van der Waals surface area contributed by atoms with Gasteiger partial charge in [-0.15, -0.1) is 5.10 Å². The van der Waals surface area contributed by atoms with E-state index in [1.54, 1.807) is 36.2 Å². The number of hydrogen-bond acceptors (Lipinski definition) is 4. The van der Waals surface area contributed by atoms with Crippen molar-refractivity contribution in [3.63, 3.8) is 0 Å². The molecule has 0 aliphatic rings. The number of hydrogen-bond donors (Lipinski definition) is 1. The first-order valence-electron chi connectivity index (χ1n) is 9.17. The number of nitrogens with one attached hydrogen (secondary N) is 1. The number of rotatable bonds is 5. The Morgan fingerprint density at radius 3 is 2.48 bits per heavy atom. The number of nitrogens with zero attached hydrogens (tertiary/aromatic N) is 3. The van der Waals surface area contributed by atoms with Crippen LogP contribution in [0.5, 0.6) is 5.75 Å². The zero-order valence-electron chi connectivity index (χ0n) is 16.2. The van der Waals surface area contributed by atoms with E-state index in [2.05, 4.69) is 34.7 Å². The Morgan fingerprint density at radius 1 is 1.00 bits per heavy atom. The second-order valence-corrected chi connectivity index (χ2v) is 6.63. The first kappa shape index (κ1) is 18.4. The average molecular weight is 384 g/mol. The van der Waals surface area contributed by atoms with Crippen molar-refractivity contribution in [3.8, 4) is 22.7 Å². The second-order valence-electron chi connectivity index (χ2n) is 6.63. The van der Waals surface area contributed by atoms with Crippen molar-refractivity contribution in [2.75, 3.05) is 12.4 Å². The number of benzene rings is 3. The monoisotopic (exact) mass is 384 g/mol. The Labute approximate surface area is 168 Å². The van der Waals surface area contributed by atoms with Crippen LogP contribution in [0.4, 0.5) is 5.69 Å². The fourth-order valence-corrected chi connectivity index (χ4v) is 3.00. The van der Waals surface area contributed by atoms with Crippen molar-refractivity contribution in [2.24, 2.45) is 0 Å². The van der Waals surface area contributed by atoms with Gasteiger partial charge >= 0.3 is 0 Å². The number of methoxy groups -OCH3 is 1. The third-order valence-corrected chi connectivity index (χ3v) is 4.60. The molecule has 144 valence electrons. The first-order chi connectivity index (χ1) is 14.1. The maximum atomic E-state index is 12.5. The molecule has 0 spiro atoms. The average Bonchev–Trinajstić information content (AvgIpc) is 3.24. The summed E-state index contributed by atoms with van der Waals surface area (Å²) in [4.78, 5) is 12.5. The summed E-state index contributed by atoms with van der Waals surface area (Å²) in [5, 5.41) is 11.1. The Bertz CT molecular complexity index is 1130. The lowest BCUT2D eigenvalue weighted by molar-refractivity contribution is 0.102. The number of aromatic nitrogens is 3. The summed E-state index contributed by atoms with van der Waals surface area (Å²) in [6, 6.07) is 22.7. The summed E-state index contributed by atoms with van der Waals surface area (Å²) in [5.41, 5.74) is 5.17. The van der Waals surface area contributed by atoms with Gasteiger partial charge in [0.25, 0.3) is 5.91 Å². The van der Waals surface area contributed by atoms with Gasteiger partial charge in [0.2, 0.25) is 0 Å². The standard InChI is InChI=1S/C23H20N4O2/c1-16-6-8-17(9-7-16)22-15-24-26-27(22)20-12-10-18(11-13-20)23(28)25-19-4-3-5-21(14-19)29-2/h3-15H,1-2H3,(H,25,28). The molecule has 1 amide bonds. The highest BCUT2D eigenvalue weighted by Crippen LogP contribution is 2.22. The van der Waals surface area contributed by atoms with Gasteiger partial charge in [-0.05, 0) is 43.3 Å². The summed E-state index contributed by atoms with van der Waals surface area (Å²) in [7, 11) is 1.59. The van der Waals surface area contributed by atoms with Crippen molar-refractivity contribution in [1.82, 2.24) is 15.0 Å². The summed E-state index contributed by atoms with van der Waals surface area (Å²) >= 11 is 0. The van der Waals surface area contributed by atoms with Gasteiger partial charge < -0.3 is 10.1 Å². The molecule has 1 aromatic heterocycles. The molecular formula is C23H20N4O2. The number of amides is 1. The van der Waals surface area contributed by atoms with Gasteiger partial charge in [-0.3, -0.25) is 4.79 Å². The maximum absolute atomic E-state index is 12.5. The number of ether oxygens (including phenoxy) is 1. The molecule has 0 atom stereocenters. The van der Waals surface area contributed by atoms with E-state index in [1.807, 2.05) is 42.5 Å². The summed E-state index contributed by atoms with van der Waals surface area (Å²) in [5.74, 6) is 0.495. The highest BCUT2D eigenvalue weighted by Gasteiger charge is 2.11. The van der Waals surface area contributed by atoms with E-state index in [1.165, 1.54) is 5.56 Å². The molecule has 0 saturated carbocycles.